The number of nitrogens with zero attached hydrogens (tertiary/aromatic N) is 2. The van der Waals surface area contributed by atoms with E-state index >= 15 is 0 Å². The summed E-state index contributed by atoms with van der Waals surface area (Å²) in [4.78, 5) is 16.2. The van der Waals surface area contributed by atoms with Gasteiger partial charge in [-0.3, -0.25) is 4.79 Å². The average Bonchev–Trinajstić information content (AvgIpc) is 2.87. The van der Waals surface area contributed by atoms with Crippen molar-refractivity contribution in [1.82, 2.24) is 10.4 Å². The normalized spacial score (nSPS) is 10.9. The quantitative estimate of drug-likeness (QED) is 0.350. The number of hydrazone groups is 1. The van der Waals surface area contributed by atoms with Gasteiger partial charge < -0.3 is 18.9 Å². The number of nitrogens with one attached hydrogen (secondary N) is 1. The Morgan fingerprint density at radius 1 is 1.00 bits per heavy atom. The van der Waals surface area contributed by atoms with E-state index in [4.69, 9.17) is 18.9 Å². The Hall–Kier alpha value is -4.07. The van der Waals surface area contributed by atoms with Crippen LogP contribution in [-0.4, -0.2) is 38.4 Å². The third kappa shape index (κ3) is 6.25. The molecular weight excluding hydrogens is 434 g/mol. The predicted molar refractivity (Wildman–Crippen MR) is 130 cm³/mol. The van der Waals surface area contributed by atoms with Gasteiger partial charge in [0.15, 0.2) is 11.5 Å². The molecule has 1 N–H and O–H groups in total. The van der Waals surface area contributed by atoms with Crippen molar-refractivity contribution in [2.75, 3.05) is 21.3 Å². The Morgan fingerprint density at radius 2 is 1.68 bits per heavy atom. The van der Waals surface area contributed by atoms with Crippen LogP contribution in [0, 0.1) is 0 Å². The molecule has 0 radical (unpaired) electrons. The summed E-state index contributed by atoms with van der Waals surface area (Å²) in [5.41, 5.74) is 5.81. The van der Waals surface area contributed by atoms with Crippen LogP contribution in [0.5, 0.6) is 23.1 Å². The van der Waals surface area contributed by atoms with Crippen LogP contribution in [0.1, 0.15) is 46.8 Å². The van der Waals surface area contributed by atoms with Crippen molar-refractivity contribution in [3.05, 3.63) is 77.0 Å². The minimum atomic E-state index is -0.395. The van der Waals surface area contributed by atoms with Gasteiger partial charge in [0.25, 0.3) is 5.91 Å². The van der Waals surface area contributed by atoms with Crippen LogP contribution >= 0.6 is 0 Å². The Kier molecular flexibility index (Phi) is 8.45. The molecule has 0 aliphatic carbocycles. The highest BCUT2D eigenvalue weighted by Gasteiger charge is 2.14. The van der Waals surface area contributed by atoms with Crippen LogP contribution in [0.4, 0.5) is 0 Å². The zero-order valence-corrected chi connectivity index (χ0v) is 20.0. The fraction of sp³-hybridized carbons (Fsp3) is 0.269. The lowest BCUT2D eigenvalue weighted by Crippen LogP contribution is -2.17. The first-order valence-corrected chi connectivity index (χ1v) is 10.8. The van der Waals surface area contributed by atoms with Crippen molar-refractivity contribution in [2.45, 2.75) is 26.4 Å². The van der Waals surface area contributed by atoms with Gasteiger partial charge in [0, 0.05) is 17.8 Å². The summed E-state index contributed by atoms with van der Waals surface area (Å²) in [6, 6.07) is 15.0. The van der Waals surface area contributed by atoms with Gasteiger partial charge in [-0.25, -0.2) is 10.4 Å². The monoisotopic (exact) mass is 463 g/mol. The molecule has 0 aliphatic rings. The topological polar surface area (TPSA) is 91.3 Å². The molecule has 0 spiro atoms. The molecule has 178 valence electrons. The number of rotatable bonds is 10. The standard InChI is InChI=1S/C26H29N3O5/c1-17(2)20-8-6-18(7-9-20)16-34-25-22(31-3)12-19(13-23(25)32-4)14-28-29-26(30)21-10-11-24(33-5)27-15-21/h6-15,17H,16H2,1-5H3,(H,29,30)/b28-14+. The number of hydrogen-bond acceptors (Lipinski definition) is 7. The lowest BCUT2D eigenvalue weighted by Gasteiger charge is -2.15. The van der Waals surface area contributed by atoms with Crippen molar-refractivity contribution in [3.63, 3.8) is 0 Å². The Labute approximate surface area is 199 Å². The van der Waals surface area contributed by atoms with Crippen LogP contribution in [0.3, 0.4) is 0 Å². The first kappa shape index (κ1) is 24.6. The van der Waals surface area contributed by atoms with Crippen molar-refractivity contribution in [3.8, 4) is 23.1 Å². The first-order chi connectivity index (χ1) is 16.4. The molecule has 1 aromatic heterocycles. The number of amides is 1. The van der Waals surface area contributed by atoms with Gasteiger partial charge in [-0.05, 0) is 35.2 Å². The summed E-state index contributed by atoms with van der Waals surface area (Å²) in [5, 5.41) is 4.02. The molecule has 1 amide bonds. The molecule has 1 heterocycles. The van der Waals surface area contributed by atoms with E-state index in [0.717, 1.165) is 5.56 Å². The van der Waals surface area contributed by atoms with E-state index in [9.17, 15) is 4.79 Å². The van der Waals surface area contributed by atoms with Crippen LogP contribution < -0.4 is 24.4 Å². The van der Waals surface area contributed by atoms with Crippen LogP contribution in [0.2, 0.25) is 0 Å². The van der Waals surface area contributed by atoms with Crippen molar-refractivity contribution < 1.29 is 23.7 Å². The van der Waals surface area contributed by atoms with Crippen LogP contribution in [0.15, 0.2) is 59.8 Å². The van der Waals surface area contributed by atoms with E-state index in [0.29, 0.717) is 46.8 Å². The molecule has 3 aromatic rings. The zero-order chi connectivity index (χ0) is 24.5. The third-order valence-electron chi connectivity index (χ3n) is 5.10. The highest BCUT2D eigenvalue weighted by atomic mass is 16.5. The molecule has 0 saturated carbocycles. The minimum Gasteiger partial charge on any atom is -0.493 e. The number of methoxy groups -OCH3 is 3. The fourth-order valence-electron chi connectivity index (χ4n) is 3.14. The lowest BCUT2D eigenvalue weighted by atomic mass is 10.0. The molecule has 2 aromatic carbocycles. The Morgan fingerprint density at radius 3 is 2.21 bits per heavy atom. The van der Waals surface area contributed by atoms with Gasteiger partial charge in [0.1, 0.15) is 6.61 Å². The SMILES string of the molecule is COc1ccc(C(=O)N/N=C/c2cc(OC)c(OCc3ccc(C(C)C)cc3)c(OC)c2)cn1. The van der Waals surface area contributed by atoms with Crippen LogP contribution in [-0.2, 0) is 6.61 Å². The lowest BCUT2D eigenvalue weighted by molar-refractivity contribution is 0.0954. The maximum absolute atomic E-state index is 12.2. The second-order valence-corrected chi connectivity index (χ2v) is 7.73. The van der Waals surface area contributed by atoms with E-state index in [1.807, 2.05) is 0 Å². The van der Waals surface area contributed by atoms with Crippen molar-refractivity contribution >= 4 is 12.1 Å². The molecule has 0 saturated heterocycles. The van der Waals surface area contributed by atoms with Gasteiger partial charge in [-0.1, -0.05) is 38.1 Å². The van der Waals surface area contributed by atoms with Gasteiger partial charge in [-0.15, -0.1) is 0 Å². The molecule has 0 bridgehead atoms. The van der Waals surface area contributed by atoms with Gasteiger partial charge in [0.2, 0.25) is 11.6 Å². The Bertz CT molecular complexity index is 1100. The average molecular weight is 464 g/mol. The highest BCUT2D eigenvalue weighted by Crippen LogP contribution is 2.38. The highest BCUT2D eigenvalue weighted by molar-refractivity contribution is 5.94. The summed E-state index contributed by atoms with van der Waals surface area (Å²) >= 11 is 0. The van der Waals surface area contributed by atoms with Gasteiger partial charge in [-0.2, -0.15) is 5.10 Å². The smallest absolute Gasteiger partial charge is 0.272 e. The number of benzene rings is 2. The summed E-state index contributed by atoms with van der Waals surface area (Å²) in [5.74, 6) is 1.98. The number of carbonyl (C=O) groups is 1. The summed E-state index contributed by atoms with van der Waals surface area (Å²) in [6.45, 7) is 4.69. The van der Waals surface area contributed by atoms with Gasteiger partial charge in [0.05, 0.1) is 33.1 Å². The van der Waals surface area contributed by atoms with Gasteiger partial charge >= 0.3 is 0 Å². The largest absolute Gasteiger partial charge is 0.493 e. The van der Waals surface area contributed by atoms with E-state index in [2.05, 4.69) is 53.6 Å². The molecule has 0 fully saturated rings. The van der Waals surface area contributed by atoms with Crippen molar-refractivity contribution in [1.29, 1.82) is 0 Å². The minimum absolute atomic E-state index is 0.360. The second-order valence-electron chi connectivity index (χ2n) is 7.73. The maximum Gasteiger partial charge on any atom is 0.272 e. The number of aromatic nitrogens is 1. The van der Waals surface area contributed by atoms with E-state index in [1.165, 1.54) is 25.1 Å². The molecule has 34 heavy (non-hydrogen) atoms. The molecule has 8 heteroatoms. The molecular formula is C26H29N3O5. The molecule has 8 nitrogen and oxygen atoms in total. The number of pyridine rings is 1. The van der Waals surface area contributed by atoms with Crippen molar-refractivity contribution in [2.24, 2.45) is 5.10 Å². The van der Waals surface area contributed by atoms with Crippen LogP contribution in [0.25, 0.3) is 0 Å². The zero-order valence-electron chi connectivity index (χ0n) is 20.0. The maximum atomic E-state index is 12.2. The molecule has 0 atom stereocenters. The number of ether oxygens (including phenoxy) is 4. The molecule has 0 unspecified atom stereocenters. The summed E-state index contributed by atoms with van der Waals surface area (Å²) in [6.07, 6.45) is 2.91. The first-order valence-electron chi connectivity index (χ1n) is 10.8. The summed E-state index contributed by atoms with van der Waals surface area (Å²) < 4.78 is 22.0. The summed E-state index contributed by atoms with van der Waals surface area (Å²) in [7, 11) is 4.62. The Balaban J connectivity index is 1.70. The molecule has 0 aliphatic heterocycles. The second kappa shape index (κ2) is 11.7. The predicted octanol–water partition coefficient (Wildman–Crippen LogP) is 4.57. The fourth-order valence-corrected chi connectivity index (χ4v) is 3.14. The molecule has 3 rings (SSSR count). The van der Waals surface area contributed by atoms with E-state index in [-0.39, 0.29) is 0 Å². The number of carbonyl (C=O) groups excluding carboxylic acids is 1. The van der Waals surface area contributed by atoms with E-state index < -0.39 is 5.91 Å². The van der Waals surface area contributed by atoms with E-state index in [1.54, 1.807) is 38.5 Å². The number of hydrogen-bond donors (Lipinski definition) is 1. The third-order valence-corrected chi connectivity index (χ3v) is 5.10.